The van der Waals surface area contributed by atoms with Gasteiger partial charge in [0.15, 0.2) is 11.0 Å². The standard InChI is InChI=1S/C22H26N4O5S3/c1-6-30-20(28)16-13(5)17(21(29)31-7-2)34-19(16)23-15(27)11-33-22-25-24-18(26(22)12(3)4)14-9-8-10-32-14/h8-10,12H,6-7,11H2,1-5H3,(H,23,27). The number of esters is 2. The van der Waals surface area contributed by atoms with Crippen LogP contribution in [0.25, 0.3) is 10.7 Å². The molecular weight excluding hydrogens is 496 g/mol. The fourth-order valence-corrected chi connectivity index (χ4v) is 5.83. The lowest BCUT2D eigenvalue weighted by Crippen LogP contribution is -2.17. The van der Waals surface area contributed by atoms with Crippen LogP contribution in [0.3, 0.4) is 0 Å². The van der Waals surface area contributed by atoms with E-state index in [1.807, 2.05) is 35.9 Å². The molecule has 0 saturated carbocycles. The van der Waals surface area contributed by atoms with Crippen LogP contribution < -0.4 is 5.32 Å². The van der Waals surface area contributed by atoms with E-state index in [-0.39, 0.29) is 46.4 Å². The molecule has 12 heteroatoms. The van der Waals surface area contributed by atoms with Gasteiger partial charge in [-0.1, -0.05) is 17.8 Å². The molecule has 0 bridgehead atoms. The van der Waals surface area contributed by atoms with Crippen molar-refractivity contribution in [1.82, 2.24) is 14.8 Å². The number of nitrogens with zero attached hydrogens (tertiary/aromatic N) is 3. The Bertz CT molecular complexity index is 1170. The van der Waals surface area contributed by atoms with Gasteiger partial charge in [-0.15, -0.1) is 32.9 Å². The molecular formula is C22H26N4O5S3. The second-order valence-electron chi connectivity index (χ2n) is 7.29. The van der Waals surface area contributed by atoms with Gasteiger partial charge in [0.2, 0.25) is 5.91 Å². The molecule has 0 saturated heterocycles. The van der Waals surface area contributed by atoms with Crippen LogP contribution in [0.1, 0.15) is 59.3 Å². The van der Waals surface area contributed by atoms with Gasteiger partial charge in [0, 0.05) is 6.04 Å². The Balaban J connectivity index is 1.79. The average Bonchev–Trinajstić information content (AvgIpc) is 3.51. The summed E-state index contributed by atoms with van der Waals surface area (Å²) in [5.41, 5.74) is 0.587. The van der Waals surface area contributed by atoms with E-state index >= 15 is 0 Å². The summed E-state index contributed by atoms with van der Waals surface area (Å²) in [6.07, 6.45) is 0. The Hall–Kier alpha value is -2.70. The number of hydrogen-bond acceptors (Lipinski definition) is 10. The van der Waals surface area contributed by atoms with Gasteiger partial charge in [-0.3, -0.25) is 9.36 Å². The molecule has 0 aliphatic heterocycles. The summed E-state index contributed by atoms with van der Waals surface area (Å²) in [7, 11) is 0. The third-order valence-corrected chi connectivity index (χ3v) is 7.59. The molecule has 9 nitrogen and oxygen atoms in total. The molecule has 3 rings (SSSR count). The fraction of sp³-hybridized carbons (Fsp3) is 0.409. The van der Waals surface area contributed by atoms with Crippen LogP contribution in [-0.4, -0.2) is 51.6 Å². The van der Waals surface area contributed by atoms with Gasteiger partial charge in [-0.25, -0.2) is 9.59 Å². The van der Waals surface area contributed by atoms with E-state index in [0.717, 1.165) is 22.0 Å². The number of carbonyl (C=O) groups is 3. The Morgan fingerprint density at radius 3 is 2.47 bits per heavy atom. The first kappa shape index (κ1) is 25.9. The molecule has 0 fully saturated rings. The molecule has 0 spiro atoms. The molecule has 182 valence electrons. The minimum atomic E-state index is -0.602. The number of anilines is 1. The van der Waals surface area contributed by atoms with Crippen molar-refractivity contribution in [2.24, 2.45) is 0 Å². The van der Waals surface area contributed by atoms with Crippen molar-refractivity contribution in [1.29, 1.82) is 0 Å². The number of rotatable bonds is 10. The van der Waals surface area contributed by atoms with Gasteiger partial charge in [0.05, 0.1) is 29.4 Å². The SMILES string of the molecule is CCOC(=O)c1sc(NC(=O)CSc2nnc(-c3cccs3)n2C(C)C)c(C(=O)OCC)c1C. The second-order valence-corrected chi connectivity index (χ2v) is 10.2. The Morgan fingerprint density at radius 2 is 1.85 bits per heavy atom. The molecule has 0 aliphatic carbocycles. The van der Waals surface area contributed by atoms with Crippen LogP contribution in [-0.2, 0) is 14.3 Å². The molecule has 0 atom stereocenters. The van der Waals surface area contributed by atoms with Crippen LogP contribution >= 0.6 is 34.4 Å². The summed E-state index contributed by atoms with van der Waals surface area (Å²) in [5, 5.41) is 14.2. The van der Waals surface area contributed by atoms with Crippen molar-refractivity contribution in [3.05, 3.63) is 33.5 Å². The molecule has 1 N–H and O–H groups in total. The number of thiophene rings is 2. The van der Waals surface area contributed by atoms with Crippen LogP contribution in [0.2, 0.25) is 0 Å². The van der Waals surface area contributed by atoms with E-state index in [1.54, 1.807) is 32.1 Å². The molecule has 0 radical (unpaired) electrons. The van der Waals surface area contributed by atoms with Crippen LogP contribution in [0.4, 0.5) is 5.00 Å². The van der Waals surface area contributed by atoms with E-state index in [2.05, 4.69) is 15.5 Å². The number of amides is 1. The highest BCUT2D eigenvalue weighted by atomic mass is 32.2. The van der Waals surface area contributed by atoms with Crippen LogP contribution in [0.15, 0.2) is 22.7 Å². The van der Waals surface area contributed by atoms with E-state index in [0.29, 0.717) is 10.7 Å². The lowest BCUT2D eigenvalue weighted by molar-refractivity contribution is -0.113. The van der Waals surface area contributed by atoms with Gasteiger partial charge >= 0.3 is 11.9 Å². The topological polar surface area (TPSA) is 112 Å². The smallest absolute Gasteiger partial charge is 0.348 e. The summed E-state index contributed by atoms with van der Waals surface area (Å²) in [6.45, 7) is 9.46. The zero-order valence-corrected chi connectivity index (χ0v) is 22.0. The van der Waals surface area contributed by atoms with E-state index in [4.69, 9.17) is 9.47 Å². The van der Waals surface area contributed by atoms with Gasteiger partial charge in [-0.05, 0) is 51.6 Å². The van der Waals surface area contributed by atoms with Crippen molar-refractivity contribution < 1.29 is 23.9 Å². The minimum absolute atomic E-state index is 0.0449. The van der Waals surface area contributed by atoms with E-state index < -0.39 is 11.9 Å². The van der Waals surface area contributed by atoms with Gasteiger partial charge in [0.1, 0.15) is 9.88 Å². The maximum Gasteiger partial charge on any atom is 0.348 e. The molecule has 1 amide bonds. The lowest BCUT2D eigenvalue weighted by Gasteiger charge is -2.13. The monoisotopic (exact) mass is 522 g/mol. The molecule has 0 aliphatic rings. The highest BCUT2D eigenvalue weighted by Gasteiger charge is 2.27. The third kappa shape index (κ3) is 5.68. The molecule has 3 aromatic heterocycles. The molecule has 34 heavy (non-hydrogen) atoms. The molecule has 3 heterocycles. The Morgan fingerprint density at radius 1 is 1.15 bits per heavy atom. The zero-order valence-electron chi connectivity index (χ0n) is 19.5. The zero-order chi connectivity index (χ0) is 24.8. The average molecular weight is 523 g/mol. The molecule has 3 aromatic rings. The number of ether oxygens (including phenoxy) is 2. The van der Waals surface area contributed by atoms with Gasteiger partial charge in [0.25, 0.3) is 0 Å². The fourth-order valence-electron chi connectivity index (χ4n) is 3.15. The Kier molecular flexibility index (Phi) is 8.86. The largest absolute Gasteiger partial charge is 0.462 e. The number of hydrogen-bond donors (Lipinski definition) is 1. The predicted octanol–water partition coefficient (Wildman–Crippen LogP) is 5.04. The normalized spacial score (nSPS) is 11.0. The summed E-state index contributed by atoms with van der Waals surface area (Å²) in [6, 6.07) is 4.03. The highest BCUT2D eigenvalue weighted by Crippen LogP contribution is 2.35. The van der Waals surface area contributed by atoms with Crippen molar-refractivity contribution in [3.8, 4) is 10.7 Å². The number of aromatic nitrogens is 3. The van der Waals surface area contributed by atoms with E-state index in [9.17, 15) is 14.4 Å². The predicted molar refractivity (Wildman–Crippen MR) is 134 cm³/mol. The summed E-state index contributed by atoms with van der Waals surface area (Å²) >= 11 is 3.82. The summed E-state index contributed by atoms with van der Waals surface area (Å²) in [4.78, 5) is 38.9. The first-order chi connectivity index (χ1) is 16.3. The Labute approximate surface area is 209 Å². The number of carbonyl (C=O) groups excluding carboxylic acids is 3. The van der Waals surface area contributed by atoms with Gasteiger partial charge < -0.3 is 14.8 Å². The first-order valence-corrected chi connectivity index (χ1v) is 13.4. The second kappa shape index (κ2) is 11.6. The third-order valence-electron chi connectivity index (χ3n) is 4.59. The van der Waals surface area contributed by atoms with Gasteiger partial charge in [-0.2, -0.15) is 0 Å². The number of thioether (sulfide) groups is 1. The quantitative estimate of drug-likeness (QED) is 0.291. The number of nitrogens with one attached hydrogen (secondary N) is 1. The minimum Gasteiger partial charge on any atom is -0.462 e. The van der Waals surface area contributed by atoms with Crippen molar-refractivity contribution in [3.63, 3.8) is 0 Å². The summed E-state index contributed by atoms with van der Waals surface area (Å²) < 4.78 is 12.2. The lowest BCUT2D eigenvalue weighted by atomic mass is 10.1. The van der Waals surface area contributed by atoms with E-state index in [1.165, 1.54) is 11.8 Å². The van der Waals surface area contributed by atoms with Crippen molar-refractivity contribution >= 4 is 57.3 Å². The highest BCUT2D eigenvalue weighted by molar-refractivity contribution is 7.99. The van der Waals surface area contributed by atoms with Crippen LogP contribution in [0.5, 0.6) is 0 Å². The van der Waals surface area contributed by atoms with Crippen molar-refractivity contribution in [2.45, 2.75) is 45.8 Å². The molecule has 0 aromatic carbocycles. The molecule has 0 unspecified atom stereocenters. The first-order valence-electron chi connectivity index (χ1n) is 10.7. The maximum absolute atomic E-state index is 12.8. The summed E-state index contributed by atoms with van der Waals surface area (Å²) in [5.74, 6) is -0.691. The van der Waals surface area contributed by atoms with Crippen LogP contribution in [0, 0.1) is 6.92 Å². The van der Waals surface area contributed by atoms with Crippen molar-refractivity contribution in [2.75, 3.05) is 24.3 Å². The maximum atomic E-state index is 12.8.